The van der Waals surface area contributed by atoms with Crippen LogP contribution in [0, 0.1) is 0 Å². The molecule has 0 aromatic heterocycles. The van der Waals surface area contributed by atoms with Gasteiger partial charge in [0.2, 0.25) is 5.91 Å². The molecule has 3 heteroatoms. The molecule has 0 fully saturated rings. The highest BCUT2D eigenvalue weighted by Gasteiger charge is 2.11. The molecule has 0 spiro atoms. The Morgan fingerprint density at radius 1 is 0.960 bits per heavy atom. The molecule has 0 bridgehead atoms. The van der Waals surface area contributed by atoms with Crippen LogP contribution in [-0.4, -0.2) is 18.2 Å². The molecule has 0 aliphatic rings. The number of carbonyl (C=O) groups excluding carboxylic acids is 2. The van der Waals surface area contributed by atoms with Crippen LogP contribution in [-0.2, 0) is 24.1 Å². The summed E-state index contributed by atoms with van der Waals surface area (Å²) in [7, 11) is 0. The summed E-state index contributed by atoms with van der Waals surface area (Å²) in [6, 6.07) is 15.9. The molecule has 0 aliphatic carbocycles. The monoisotopic (exact) mass is 337 g/mol. The minimum Gasteiger partial charge on any atom is -0.355 e. The molecular weight excluding hydrogens is 310 g/mol. The van der Waals surface area contributed by atoms with Crippen molar-refractivity contribution in [3.63, 3.8) is 0 Å². The summed E-state index contributed by atoms with van der Waals surface area (Å²) in [4.78, 5) is 24.3. The van der Waals surface area contributed by atoms with Crippen molar-refractivity contribution >= 4 is 11.7 Å². The number of Topliss-reactive ketones (excluding diaryl/α,β-unsaturated/α-hetero) is 1. The van der Waals surface area contributed by atoms with Crippen LogP contribution in [0.2, 0.25) is 0 Å². The van der Waals surface area contributed by atoms with Gasteiger partial charge in [0.05, 0.1) is 6.42 Å². The fraction of sp³-hybridized carbons (Fsp3) is 0.364. The van der Waals surface area contributed by atoms with Gasteiger partial charge in [0.15, 0.2) is 5.78 Å². The van der Waals surface area contributed by atoms with E-state index in [2.05, 4.69) is 17.4 Å². The van der Waals surface area contributed by atoms with E-state index in [0.717, 1.165) is 36.0 Å². The minimum atomic E-state index is 0.0191. The van der Waals surface area contributed by atoms with Gasteiger partial charge in [-0.25, -0.2) is 0 Å². The van der Waals surface area contributed by atoms with Crippen molar-refractivity contribution < 1.29 is 9.59 Å². The van der Waals surface area contributed by atoms with Crippen LogP contribution in [0.3, 0.4) is 0 Å². The normalized spacial score (nSPS) is 10.5. The first kappa shape index (κ1) is 18.9. The van der Waals surface area contributed by atoms with Crippen LogP contribution < -0.4 is 5.32 Å². The van der Waals surface area contributed by atoms with E-state index in [1.54, 1.807) is 0 Å². The summed E-state index contributed by atoms with van der Waals surface area (Å²) in [5, 5.41) is 2.97. The number of carbonyl (C=O) groups is 2. The Kier molecular flexibility index (Phi) is 7.39. The highest BCUT2D eigenvalue weighted by atomic mass is 16.1. The van der Waals surface area contributed by atoms with Crippen LogP contribution in [0.4, 0.5) is 0 Å². The van der Waals surface area contributed by atoms with Crippen molar-refractivity contribution in [1.29, 1.82) is 0 Å². The van der Waals surface area contributed by atoms with Crippen molar-refractivity contribution in [2.75, 3.05) is 6.54 Å². The molecular formula is C22H27NO2. The van der Waals surface area contributed by atoms with E-state index in [0.29, 0.717) is 19.4 Å². The fourth-order valence-corrected chi connectivity index (χ4v) is 2.92. The van der Waals surface area contributed by atoms with Crippen molar-refractivity contribution in [3.8, 4) is 0 Å². The topological polar surface area (TPSA) is 46.2 Å². The zero-order chi connectivity index (χ0) is 18.1. The Morgan fingerprint density at radius 2 is 1.72 bits per heavy atom. The lowest BCUT2D eigenvalue weighted by molar-refractivity contribution is -0.120. The van der Waals surface area contributed by atoms with E-state index in [4.69, 9.17) is 0 Å². The van der Waals surface area contributed by atoms with Gasteiger partial charge < -0.3 is 5.32 Å². The zero-order valence-electron chi connectivity index (χ0n) is 15.2. The van der Waals surface area contributed by atoms with Crippen molar-refractivity contribution in [1.82, 2.24) is 5.32 Å². The van der Waals surface area contributed by atoms with Crippen molar-refractivity contribution in [3.05, 3.63) is 70.8 Å². The molecule has 0 radical (unpaired) electrons. The van der Waals surface area contributed by atoms with E-state index >= 15 is 0 Å². The maximum absolute atomic E-state index is 12.2. The van der Waals surface area contributed by atoms with Crippen molar-refractivity contribution in [2.45, 2.75) is 46.0 Å². The molecule has 1 amide bonds. The zero-order valence-corrected chi connectivity index (χ0v) is 15.2. The Hall–Kier alpha value is -2.42. The van der Waals surface area contributed by atoms with Gasteiger partial charge in [-0.1, -0.05) is 62.4 Å². The Bertz CT molecular complexity index is 707. The van der Waals surface area contributed by atoms with E-state index < -0.39 is 0 Å². The van der Waals surface area contributed by atoms with Gasteiger partial charge in [0, 0.05) is 18.5 Å². The SMILES string of the molecule is CCCC(=O)c1ccc(CC(=O)NCCc2ccccc2)cc1CC. The number of hydrogen-bond acceptors (Lipinski definition) is 2. The molecule has 0 saturated carbocycles. The van der Waals surface area contributed by atoms with Gasteiger partial charge >= 0.3 is 0 Å². The molecule has 1 N–H and O–H groups in total. The first-order chi connectivity index (χ1) is 12.1. The maximum atomic E-state index is 12.2. The van der Waals surface area contributed by atoms with E-state index in [1.165, 1.54) is 5.56 Å². The quantitative estimate of drug-likeness (QED) is 0.699. The molecule has 132 valence electrons. The number of hydrogen-bond donors (Lipinski definition) is 1. The smallest absolute Gasteiger partial charge is 0.224 e. The number of ketones is 1. The number of rotatable bonds is 9. The van der Waals surface area contributed by atoms with Crippen LogP contribution in [0.1, 0.15) is 53.7 Å². The summed E-state index contributed by atoms with van der Waals surface area (Å²) >= 11 is 0. The molecule has 0 atom stereocenters. The Morgan fingerprint density at radius 3 is 2.40 bits per heavy atom. The van der Waals surface area contributed by atoms with Crippen LogP contribution in [0.15, 0.2) is 48.5 Å². The number of nitrogens with one attached hydrogen (secondary N) is 1. The number of benzene rings is 2. The molecule has 25 heavy (non-hydrogen) atoms. The van der Waals surface area contributed by atoms with Gasteiger partial charge in [-0.2, -0.15) is 0 Å². The molecule has 2 rings (SSSR count). The summed E-state index contributed by atoms with van der Waals surface area (Å²) in [6.07, 6.45) is 3.41. The number of aryl methyl sites for hydroxylation is 1. The minimum absolute atomic E-state index is 0.0191. The first-order valence-corrected chi connectivity index (χ1v) is 9.09. The molecule has 0 heterocycles. The van der Waals surface area contributed by atoms with Gasteiger partial charge in [-0.3, -0.25) is 9.59 Å². The Balaban J connectivity index is 1.90. The standard InChI is InChI=1S/C22H27NO2/c1-3-8-21(24)20-12-11-18(15-19(20)4-2)16-22(25)23-14-13-17-9-6-5-7-10-17/h5-7,9-12,15H,3-4,8,13-14,16H2,1-2H3,(H,23,25). The third-order valence-corrected chi connectivity index (χ3v) is 4.27. The third kappa shape index (κ3) is 5.86. The molecule has 0 unspecified atom stereocenters. The summed E-state index contributed by atoms with van der Waals surface area (Å²) in [5.74, 6) is 0.212. The average molecular weight is 337 g/mol. The molecule has 3 nitrogen and oxygen atoms in total. The predicted molar refractivity (Wildman–Crippen MR) is 102 cm³/mol. The molecule has 0 aliphatic heterocycles. The second-order valence-corrected chi connectivity index (χ2v) is 6.28. The summed E-state index contributed by atoms with van der Waals surface area (Å²) in [6.45, 7) is 4.69. The van der Waals surface area contributed by atoms with Crippen LogP contribution in [0.5, 0.6) is 0 Å². The van der Waals surface area contributed by atoms with Gasteiger partial charge in [-0.05, 0) is 36.0 Å². The van der Waals surface area contributed by atoms with E-state index in [9.17, 15) is 9.59 Å². The number of amides is 1. The average Bonchev–Trinajstić information content (AvgIpc) is 2.62. The lowest BCUT2D eigenvalue weighted by atomic mass is 9.96. The first-order valence-electron chi connectivity index (χ1n) is 9.09. The van der Waals surface area contributed by atoms with Crippen molar-refractivity contribution in [2.24, 2.45) is 0 Å². The predicted octanol–water partition coefficient (Wildman–Crippen LogP) is 4.13. The summed E-state index contributed by atoms with van der Waals surface area (Å²) < 4.78 is 0. The van der Waals surface area contributed by atoms with E-state index in [1.807, 2.05) is 50.2 Å². The molecule has 0 saturated heterocycles. The lowest BCUT2D eigenvalue weighted by Crippen LogP contribution is -2.27. The lowest BCUT2D eigenvalue weighted by Gasteiger charge is -2.10. The summed E-state index contributed by atoms with van der Waals surface area (Å²) in [5.41, 5.74) is 4.02. The van der Waals surface area contributed by atoms with Gasteiger partial charge in [0.25, 0.3) is 0 Å². The highest BCUT2D eigenvalue weighted by Crippen LogP contribution is 2.16. The van der Waals surface area contributed by atoms with Crippen LogP contribution >= 0.6 is 0 Å². The molecule has 2 aromatic rings. The van der Waals surface area contributed by atoms with Gasteiger partial charge in [-0.15, -0.1) is 0 Å². The Labute approximate surface area is 150 Å². The van der Waals surface area contributed by atoms with Crippen LogP contribution in [0.25, 0.3) is 0 Å². The highest BCUT2D eigenvalue weighted by molar-refractivity contribution is 5.97. The van der Waals surface area contributed by atoms with Gasteiger partial charge in [0.1, 0.15) is 0 Å². The molecule has 2 aromatic carbocycles. The van der Waals surface area contributed by atoms with E-state index in [-0.39, 0.29) is 11.7 Å². The largest absolute Gasteiger partial charge is 0.355 e. The maximum Gasteiger partial charge on any atom is 0.224 e. The third-order valence-electron chi connectivity index (χ3n) is 4.27. The fourth-order valence-electron chi connectivity index (χ4n) is 2.92. The second-order valence-electron chi connectivity index (χ2n) is 6.28. The second kappa shape index (κ2) is 9.77.